The zero-order valence-electron chi connectivity index (χ0n) is 19.2. The molecule has 2 amide bonds. The van der Waals surface area contributed by atoms with Crippen LogP contribution in [0.1, 0.15) is 24.2 Å². The van der Waals surface area contributed by atoms with E-state index in [-0.39, 0.29) is 26.5 Å². The minimum atomic E-state index is -4.12. The molecule has 10 heteroatoms. The van der Waals surface area contributed by atoms with Gasteiger partial charge in [-0.2, -0.15) is 0 Å². The van der Waals surface area contributed by atoms with Crippen LogP contribution < -0.4 is 9.62 Å². The Hall–Kier alpha value is -3.07. The Bertz CT molecular complexity index is 1310. The standard InChI is InChI=1S/C25H25Cl2N3O4S/c1-3-29(4-2)25(32)20-12-8-9-13-23(20)28-24(31)17-30(18-14-15-21(26)22(27)16-18)35(33,34)19-10-6-5-7-11-19/h5-16H,3-4,17H2,1-2H3,(H,28,31). The summed E-state index contributed by atoms with van der Waals surface area (Å²) in [5.74, 6) is -0.862. The molecule has 0 aliphatic rings. The predicted molar refractivity (Wildman–Crippen MR) is 140 cm³/mol. The Kier molecular flexibility index (Phi) is 8.77. The third kappa shape index (κ3) is 6.14. The number of halogens is 2. The summed E-state index contributed by atoms with van der Waals surface area (Å²) in [4.78, 5) is 27.7. The van der Waals surface area contributed by atoms with Gasteiger partial charge in [0.25, 0.3) is 15.9 Å². The lowest BCUT2D eigenvalue weighted by Crippen LogP contribution is -2.38. The van der Waals surface area contributed by atoms with E-state index in [1.54, 1.807) is 47.4 Å². The second-order valence-electron chi connectivity index (χ2n) is 7.49. The zero-order chi connectivity index (χ0) is 25.6. The quantitative estimate of drug-likeness (QED) is 0.403. The molecule has 0 bridgehead atoms. The smallest absolute Gasteiger partial charge is 0.264 e. The number of para-hydroxylation sites is 1. The second kappa shape index (κ2) is 11.6. The molecule has 1 N–H and O–H groups in total. The van der Waals surface area contributed by atoms with E-state index in [0.29, 0.717) is 24.3 Å². The van der Waals surface area contributed by atoms with E-state index in [2.05, 4.69) is 5.32 Å². The predicted octanol–water partition coefficient (Wildman–Crippen LogP) is 5.31. The van der Waals surface area contributed by atoms with E-state index in [9.17, 15) is 18.0 Å². The zero-order valence-corrected chi connectivity index (χ0v) is 21.6. The van der Waals surface area contributed by atoms with Crippen molar-refractivity contribution in [3.05, 3.63) is 88.4 Å². The van der Waals surface area contributed by atoms with Gasteiger partial charge < -0.3 is 10.2 Å². The Morgan fingerprint density at radius 2 is 1.49 bits per heavy atom. The topological polar surface area (TPSA) is 86.8 Å². The molecule has 0 saturated heterocycles. The summed E-state index contributed by atoms with van der Waals surface area (Å²) in [5, 5.41) is 3.09. The molecule has 0 unspecified atom stereocenters. The van der Waals surface area contributed by atoms with Crippen molar-refractivity contribution in [2.45, 2.75) is 18.7 Å². The van der Waals surface area contributed by atoms with Gasteiger partial charge in [0.1, 0.15) is 6.54 Å². The van der Waals surface area contributed by atoms with Crippen molar-refractivity contribution >= 4 is 56.4 Å². The molecule has 0 aliphatic carbocycles. The molecule has 0 radical (unpaired) electrons. The van der Waals surface area contributed by atoms with Crippen LogP contribution >= 0.6 is 23.2 Å². The van der Waals surface area contributed by atoms with Gasteiger partial charge in [-0.05, 0) is 56.3 Å². The van der Waals surface area contributed by atoms with E-state index in [1.807, 2.05) is 13.8 Å². The lowest BCUT2D eigenvalue weighted by Gasteiger charge is -2.25. The van der Waals surface area contributed by atoms with Crippen LogP contribution in [0.4, 0.5) is 11.4 Å². The molecule has 0 aromatic heterocycles. The van der Waals surface area contributed by atoms with Crippen LogP contribution in [0.15, 0.2) is 77.7 Å². The SMILES string of the molecule is CCN(CC)C(=O)c1ccccc1NC(=O)CN(c1ccc(Cl)c(Cl)c1)S(=O)(=O)c1ccccc1. The molecule has 0 spiro atoms. The van der Waals surface area contributed by atoms with Gasteiger partial charge in [0.05, 0.1) is 31.9 Å². The molecule has 3 aromatic rings. The first-order chi connectivity index (χ1) is 16.7. The van der Waals surface area contributed by atoms with Crippen LogP contribution in [-0.2, 0) is 14.8 Å². The number of hydrogen-bond donors (Lipinski definition) is 1. The molecule has 0 fully saturated rings. The molecular weight excluding hydrogens is 509 g/mol. The molecule has 3 rings (SSSR count). The largest absolute Gasteiger partial charge is 0.339 e. The third-order valence-corrected chi connectivity index (χ3v) is 7.82. The van der Waals surface area contributed by atoms with Gasteiger partial charge in [0.15, 0.2) is 0 Å². The fourth-order valence-electron chi connectivity index (χ4n) is 3.45. The number of nitrogens with one attached hydrogen (secondary N) is 1. The molecule has 0 saturated carbocycles. The van der Waals surface area contributed by atoms with Gasteiger partial charge in [-0.15, -0.1) is 0 Å². The first-order valence-corrected chi connectivity index (χ1v) is 13.1. The minimum Gasteiger partial charge on any atom is -0.339 e. The number of nitrogens with zero attached hydrogens (tertiary/aromatic N) is 2. The fraction of sp³-hybridized carbons (Fsp3) is 0.200. The summed E-state index contributed by atoms with van der Waals surface area (Å²) in [7, 11) is -4.12. The monoisotopic (exact) mass is 533 g/mol. The summed E-state index contributed by atoms with van der Waals surface area (Å²) in [5.41, 5.74) is 0.781. The minimum absolute atomic E-state index is 0.0102. The van der Waals surface area contributed by atoms with Crippen molar-refractivity contribution in [1.29, 1.82) is 0 Å². The van der Waals surface area contributed by atoms with Gasteiger partial charge >= 0.3 is 0 Å². The summed E-state index contributed by atoms with van der Waals surface area (Å²) in [6, 6.07) is 18.7. The maximum absolute atomic E-state index is 13.5. The Morgan fingerprint density at radius 1 is 0.857 bits per heavy atom. The summed E-state index contributed by atoms with van der Waals surface area (Å²) in [6.45, 7) is 4.21. The van der Waals surface area contributed by atoms with Crippen LogP contribution in [0, 0.1) is 0 Å². The van der Waals surface area contributed by atoms with Crippen LogP contribution in [0.2, 0.25) is 10.0 Å². The van der Waals surface area contributed by atoms with E-state index in [1.165, 1.54) is 30.3 Å². The maximum atomic E-state index is 13.5. The number of benzene rings is 3. The van der Waals surface area contributed by atoms with E-state index >= 15 is 0 Å². The van der Waals surface area contributed by atoms with Crippen LogP contribution in [0.5, 0.6) is 0 Å². The molecule has 0 heterocycles. The Labute approximate surface area is 215 Å². The summed E-state index contributed by atoms with van der Waals surface area (Å²) in [6.07, 6.45) is 0. The van der Waals surface area contributed by atoms with Crippen molar-refractivity contribution < 1.29 is 18.0 Å². The number of rotatable bonds is 9. The van der Waals surface area contributed by atoms with Crippen LogP contribution in [0.3, 0.4) is 0 Å². The Balaban J connectivity index is 1.96. The first kappa shape index (κ1) is 26.5. The van der Waals surface area contributed by atoms with Gasteiger partial charge in [-0.3, -0.25) is 13.9 Å². The van der Waals surface area contributed by atoms with Gasteiger partial charge in [0.2, 0.25) is 5.91 Å². The number of anilines is 2. The molecular formula is C25H25Cl2N3O4S. The number of carbonyl (C=O) groups is 2. The highest BCUT2D eigenvalue weighted by atomic mass is 35.5. The normalized spacial score (nSPS) is 11.1. The van der Waals surface area contributed by atoms with Crippen LogP contribution in [0.25, 0.3) is 0 Å². The van der Waals surface area contributed by atoms with E-state index in [4.69, 9.17) is 23.2 Å². The molecule has 7 nitrogen and oxygen atoms in total. The second-order valence-corrected chi connectivity index (χ2v) is 10.2. The number of hydrogen-bond acceptors (Lipinski definition) is 4. The molecule has 0 atom stereocenters. The highest BCUT2D eigenvalue weighted by molar-refractivity contribution is 7.92. The molecule has 0 aliphatic heterocycles. The lowest BCUT2D eigenvalue weighted by atomic mass is 10.1. The maximum Gasteiger partial charge on any atom is 0.264 e. The molecule has 35 heavy (non-hydrogen) atoms. The average molecular weight is 534 g/mol. The first-order valence-electron chi connectivity index (χ1n) is 10.9. The third-order valence-electron chi connectivity index (χ3n) is 5.29. The van der Waals surface area contributed by atoms with Crippen molar-refractivity contribution in [3.8, 4) is 0 Å². The average Bonchev–Trinajstić information content (AvgIpc) is 2.86. The van der Waals surface area contributed by atoms with Crippen molar-refractivity contribution in [1.82, 2.24) is 4.90 Å². The van der Waals surface area contributed by atoms with E-state index < -0.39 is 22.5 Å². The molecule has 3 aromatic carbocycles. The van der Waals surface area contributed by atoms with Gasteiger partial charge in [-0.1, -0.05) is 53.5 Å². The van der Waals surface area contributed by atoms with Crippen molar-refractivity contribution in [2.75, 3.05) is 29.3 Å². The number of amides is 2. The number of sulfonamides is 1. The highest BCUT2D eigenvalue weighted by Gasteiger charge is 2.28. The van der Waals surface area contributed by atoms with Crippen LogP contribution in [-0.4, -0.2) is 44.8 Å². The van der Waals surface area contributed by atoms with E-state index in [0.717, 1.165) is 4.31 Å². The van der Waals surface area contributed by atoms with Crippen molar-refractivity contribution in [2.24, 2.45) is 0 Å². The van der Waals surface area contributed by atoms with Crippen molar-refractivity contribution in [3.63, 3.8) is 0 Å². The lowest BCUT2D eigenvalue weighted by molar-refractivity contribution is -0.114. The summed E-state index contributed by atoms with van der Waals surface area (Å²) < 4.78 is 27.9. The highest BCUT2D eigenvalue weighted by Crippen LogP contribution is 2.30. The van der Waals surface area contributed by atoms with Gasteiger partial charge in [0, 0.05) is 13.1 Å². The van der Waals surface area contributed by atoms with Gasteiger partial charge in [-0.25, -0.2) is 8.42 Å². The summed E-state index contributed by atoms with van der Waals surface area (Å²) >= 11 is 12.1. The Morgan fingerprint density at radius 3 is 2.11 bits per heavy atom. The number of carbonyl (C=O) groups excluding carboxylic acids is 2. The fourth-order valence-corrected chi connectivity index (χ4v) is 5.18. The molecule has 184 valence electrons.